The highest BCUT2D eigenvalue weighted by Gasteiger charge is 2.17. The molecule has 0 spiro atoms. The Morgan fingerprint density at radius 1 is 1.10 bits per heavy atom. The van der Waals surface area contributed by atoms with E-state index in [1.54, 1.807) is 7.11 Å². The number of hydrogen-bond acceptors (Lipinski definition) is 5. The summed E-state index contributed by atoms with van der Waals surface area (Å²) >= 11 is 0. The minimum atomic E-state index is 0.619. The van der Waals surface area contributed by atoms with E-state index in [0.29, 0.717) is 19.8 Å². The van der Waals surface area contributed by atoms with E-state index in [1.807, 2.05) is 0 Å². The number of benzene rings is 1. The Bertz CT molecular complexity index is 473. The van der Waals surface area contributed by atoms with Crippen LogP contribution in [0.1, 0.15) is 11.1 Å². The molecule has 0 radical (unpaired) electrons. The molecule has 1 aromatic rings. The highest BCUT2D eigenvalue weighted by atomic mass is 16.6. The Hall–Kier alpha value is -1.30. The molecule has 0 aliphatic carbocycles. The normalized spacial score (nSPS) is 18.7. The van der Waals surface area contributed by atoms with E-state index >= 15 is 0 Å². The molecule has 2 heterocycles. The van der Waals surface area contributed by atoms with Crippen LogP contribution in [0.25, 0.3) is 0 Å². The van der Waals surface area contributed by atoms with Crippen LogP contribution >= 0.6 is 0 Å². The molecule has 21 heavy (non-hydrogen) atoms. The molecule has 5 heteroatoms. The van der Waals surface area contributed by atoms with Gasteiger partial charge in [0.2, 0.25) is 0 Å². The van der Waals surface area contributed by atoms with Crippen LogP contribution in [0.4, 0.5) is 0 Å². The van der Waals surface area contributed by atoms with Gasteiger partial charge in [-0.25, -0.2) is 0 Å². The zero-order chi connectivity index (χ0) is 14.5. The van der Waals surface area contributed by atoms with Gasteiger partial charge in [-0.15, -0.1) is 0 Å². The number of nitrogens with zero attached hydrogens (tertiary/aromatic N) is 1. The topological polar surface area (TPSA) is 43.0 Å². The predicted molar refractivity (Wildman–Crippen MR) is 81.2 cm³/mol. The lowest BCUT2D eigenvalue weighted by Gasteiger charge is -2.28. The van der Waals surface area contributed by atoms with Crippen molar-refractivity contribution in [3.05, 3.63) is 23.3 Å². The molecule has 1 saturated heterocycles. The lowest BCUT2D eigenvalue weighted by Crippen LogP contribution is -2.44. The van der Waals surface area contributed by atoms with Gasteiger partial charge in [-0.3, -0.25) is 0 Å². The molecule has 1 fully saturated rings. The fraction of sp³-hybridized carbons (Fsp3) is 0.625. The second kappa shape index (κ2) is 7.11. The van der Waals surface area contributed by atoms with Crippen LogP contribution in [-0.2, 0) is 17.8 Å². The maximum Gasteiger partial charge on any atom is 0.161 e. The van der Waals surface area contributed by atoms with Crippen molar-refractivity contribution in [3.63, 3.8) is 0 Å². The maximum atomic E-state index is 5.70. The lowest BCUT2D eigenvalue weighted by molar-refractivity contribution is 0.166. The lowest BCUT2D eigenvalue weighted by atomic mass is 10.0. The summed E-state index contributed by atoms with van der Waals surface area (Å²) < 4.78 is 16.7. The summed E-state index contributed by atoms with van der Waals surface area (Å²) in [6.45, 7) is 7.39. The zero-order valence-corrected chi connectivity index (χ0v) is 12.7. The second-order valence-electron chi connectivity index (χ2n) is 5.54. The molecule has 0 aromatic heterocycles. The molecule has 0 atom stereocenters. The molecule has 5 nitrogen and oxygen atoms in total. The second-order valence-corrected chi connectivity index (χ2v) is 5.54. The quantitative estimate of drug-likeness (QED) is 0.879. The first kappa shape index (κ1) is 14.6. The van der Waals surface area contributed by atoms with Gasteiger partial charge >= 0.3 is 0 Å². The van der Waals surface area contributed by atoms with E-state index in [0.717, 1.165) is 50.6 Å². The fourth-order valence-electron chi connectivity index (χ4n) is 2.91. The monoisotopic (exact) mass is 292 g/mol. The standard InChI is InChI=1S/C16H24N2O3/c1-19-12-14-11-16-15(20-8-9-21-16)10-13(14)2-5-18-6-3-17-4-7-18/h10-11,17H,2-9,12H2,1H3. The van der Waals surface area contributed by atoms with Crippen LogP contribution in [0.15, 0.2) is 12.1 Å². The molecule has 3 rings (SSSR count). The predicted octanol–water partition coefficient (Wildman–Crippen LogP) is 1.05. The summed E-state index contributed by atoms with van der Waals surface area (Å²) in [5.74, 6) is 1.72. The molecule has 1 N–H and O–H groups in total. The average Bonchev–Trinajstić information content (AvgIpc) is 2.54. The van der Waals surface area contributed by atoms with Gasteiger partial charge in [-0.1, -0.05) is 0 Å². The fourth-order valence-corrected chi connectivity index (χ4v) is 2.91. The van der Waals surface area contributed by atoms with Gasteiger partial charge in [0, 0.05) is 39.8 Å². The van der Waals surface area contributed by atoms with Crippen molar-refractivity contribution in [2.24, 2.45) is 0 Å². The number of hydrogen-bond donors (Lipinski definition) is 1. The number of methoxy groups -OCH3 is 1. The number of piperazine rings is 1. The van der Waals surface area contributed by atoms with E-state index in [-0.39, 0.29) is 0 Å². The third-order valence-electron chi connectivity index (χ3n) is 4.07. The molecule has 0 unspecified atom stereocenters. The zero-order valence-electron chi connectivity index (χ0n) is 12.7. The van der Waals surface area contributed by atoms with E-state index in [1.165, 1.54) is 11.1 Å². The molecular weight excluding hydrogens is 268 g/mol. The van der Waals surface area contributed by atoms with E-state index in [9.17, 15) is 0 Å². The summed E-state index contributed by atoms with van der Waals surface area (Å²) in [5, 5.41) is 3.39. The van der Waals surface area contributed by atoms with Gasteiger partial charge in [0.25, 0.3) is 0 Å². The maximum absolute atomic E-state index is 5.70. The number of fused-ring (bicyclic) bond motifs is 1. The van der Waals surface area contributed by atoms with Gasteiger partial charge in [-0.2, -0.15) is 0 Å². The first-order chi connectivity index (χ1) is 10.4. The Balaban J connectivity index is 1.72. The number of ether oxygens (including phenoxy) is 3. The average molecular weight is 292 g/mol. The van der Waals surface area contributed by atoms with E-state index in [4.69, 9.17) is 14.2 Å². The van der Waals surface area contributed by atoms with Crippen molar-refractivity contribution >= 4 is 0 Å². The first-order valence-electron chi connectivity index (χ1n) is 7.70. The molecule has 1 aromatic carbocycles. The van der Waals surface area contributed by atoms with Crippen molar-refractivity contribution in [2.45, 2.75) is 13.0 Å². The summed E-state index contributed by atoms with van der Waals surface area (Å²) in [6, 6.07) is 4.20. The van der Waals surface area contributed by atoms with Gasteiger partial charge in [0.15, 0.2) is 11.5 Å². The van der Waals surface area contributed by atoms with E-state index < -0.39 is 0 Å². The Kier molecular flexibility index (Phi) is 4.95. The van der Waals surface area contributed by atoms with Crippen molar-refractivity contribution in [1.82, 2.24) is 10.2 Å². The van der Waals surface area contributed by atoms with Crippen LogP contribution in [-0.4, -0.2) is 57.9 Å². The number of rotatable bonds is 5. The largest absolute Gasteiger partial charge is 0.486 e. The van der Waals surface area contributed by atoms with Crippen molar-refractivity contribution in [3.8, 4) is 11.5 Å². The molecule has 0 saturated carbocycles. The van der Waals surface area contributed by atoms with Gasteiger partial charge < -0.3 is 24.4 Å². The third-order valence-corrected chi connectivity index (χ3v) is 4.07. The molecule has 2 aliphatic rings. The molecule has 0 amide bonds. The summed E-state index contributed by atoms with van der Waals surface area (Å²) in [4.78, 5) is 2.50. The van der Waals surface area contributed by atoms with E-state index in [2.05, 4.69) is 22.3 Å². The molecule has 2 aliphatic heterocycles. The van der Waals surface area contributed by atoms with Gasteiger partial charge in [0.1, 0.15) is 13.2 Å². The Morgan fingerprint density at radius 3 is 2.43 bits per heavy atom. The van der Waals surface area contributed by atoms with Crippen LogP contribution in [0.2, 0.25) is 0 Å². The highest BCUT2D eigenvalue weighted by Crippen LogP contribution is 2.33. The van der Waals surface area contributed by atoms with Crippen LogP contribution < -0.4 is 14.8 Å². The van der Waals surface area contributed by atoms with Crippen LogP contribution in [0.5, 0.6) is 11.5 Å². The van der Waals surface area contributed by atoms with Crippen LogP contribution in [0.3, 0.4) is 0 Å². The summed E-state index contributed by atoms with van der Waals surface area (Å²) in [7, 11) is 1.73. The van der Waals surface area contributed by atoms with Crippen molar-refractivity contribution < 1.29 is 14.2 Å². The Morgan fingerprint density at radius 2 is 1.76 bits per heavy atom. The number of nitrogens with one attached hydrogen (secondary N) is 1. The van der Waals surface area contributed by atoms with Crippen molar-refractivity contribution in [1.29, 1.82) is 0 Å². The smallest absolute Gasteiger partial charge is 0.161 e. The SMILES string of the molecule is COCc1cc2c(cc1CCN1CCNCC1)OCCO2. The van der Waals surface area contributed by atoms with Crippen molar-refractivity contribution in [2.75, 3.05) is 53.0 Å². The third kappa shape index (κ3) is 3.67. The summed E-state index contributed by atoms with van der Waals surface area (Å²) in [5.41, 5.74) is 2.51. The van der Waals surface area contributed by atoms with Gasteiger partial charge in [0.05, 0.1) is 6.61 Å². The molecular formula is C16H24N2O3. The highest BCUT2D eigenvalue weighted by molar-refractivity contribution is 5.48. The minimum Gasteiger partial charge on any atom is -0.486 e. The summed E-state index contributed by atoms with van der Waals surface area (Å²) in [6.07, 6.45) is 1.02. The Labute approximate surface area is 126 Å². The first-order valence-corrected chi connectivity index (χ1v) is 7.70. The van der Waals surface area contributed by atoms with Gasteiger partial charge in [-0.05, 0) is 29.7 Å². The molecule has 0 bridgehead atoms. The molecule has 116 valence electrons. The minimum absolute atomic E-state index is 0.619. The van der Waals surface area contributed by atoms with Crippen LogP contribution in [0, 0.1) is 0 Å².